The fourth-order valence-electron chi connectivity index (χ4n) is 1.68. The molecule has 0 fully saturated rings. The van der Waals surface area contributed by atoms with Gasteiger partial charge in [0.2, 0.25) is 0 Å². The highest BCUT2D eigenvalue weighted by Gasteiger charge is 2.16. The molecule has 0 aliphatic carbocycles. The van der Waals surface area contributed by atoms with Crippen LogP contribution in [0.3, 0.4) is 0 Å². The minimum atomic E-state index is -1.14. The minimum Gasteiger partial charge on any atom is -0.490 e. The van der Waals surface area contributed by atoms with Gasteiger partial charge in [-0.1, -0.05) is 26.8 Å². The summed E-state index contributed by atoms with van der Waals surface area (Å²) in [5.41, 5.74) is 7.40. The van der Waals surface area contributed by atoms with Crippen LogP contribution in [0.4, 0.5) is 4.39 Å². The number of benzene rings is 1. The Labute approximate surface area is 114 Å². The van der Waals surface area contributed by atoms with Crippen molar-refractivity contribution in [1.82, 2.24) is 0 Å². The maximum Gasteiger partial charge on any atom is 0.146 e. The molecule has 0 spiro atoms. The van der Waals surface area contributed by atoms with Gasteiger partial charge in [0.15, 0.2) is 0 Å². The molecule has 108 valence electrons. The van der Waals surface area contributed by atoms with Crippen LogP contribution in [0.1, 0.15) is 31.9 Å². The lowest BCUT2D eigenvalue weighted by Crippen LogP contribution is -2.22. The molecule has 0 amide bonds. The number of methoxy groups -OCH3 is 1. The first-order valence-electron chi connectivity index (χ1n) is 6.47. The summed E-state index contributed by atoms with van der Waals surface area (Å²) in [6.07, 6.45) is -1.14. The average Bonchev–Trinajstić information content (AvgIpc) is 2.35. The van der Waals surface area contributed by atoms with Crippen molar-refractivity contribution in [2.24, 2.45) is 5.73 Å². The van der Waals surface area contributed by atoms with Gasteiger partial charge in [0.25, 0.3) is 0 Å². The quantitative estimate of drug-likeness (QED) is 0.863. The van der Waals surface area contributed by atoms with Crippen molar-refractivity contribution < 1.29 is 13.9 Å². The third kappa shape index (κ3) is 5.17. The van der Waals surface area contributed by atoms with Crippen LogP contribution < -0.4 is 10.5 Å². The second-order valence-corrected chi connectivity index (χ2v) is 5.69. The maximum absolute atomic E-state index is 13.1. The minimum absolute atomic E-state index is 0.00481. The SMILES string of the molecule is COCc1cc(OC[C@H](F)CN)cc(C(C)(C)C)c1. The maximum atomic E-state index is 13.1. The van der Waals surface area contributed by atoms with E-state index in [9.17, 15) is 4.39 Å². The number of hydrogen-bond acceptors (Lipinski definition) is 3. The van der Waals surface area contributed by atoms with E-state index in [1.54, 1.807) is 7.11 Å². The summed E-state index contributed by atoms with van der Waals surface area (Å²) < 4.78 is 23.7. The average molecular weight is 269 g/mol. The van der Waals surface area contributed by atoms with Crippen LogP contribution in [-0.4, -0.2) is 26.4 Å². The Morgan fingerprint density at radius 2 is 1.95 bits per heavy atom. The molecule has 0 saturated carbocycles. The van der Waals surface area contributed by atoms with Crippen LogP contribution >= 0.6 is 0 Å². The number of rotatable bonds is 6. The molecule has 0 aromatic heterocycles. The van der Waals surface area contributed by atoms with E-state index in [1.165, 1.54) is 0 Å². The molecule has 0 radical (unpaired) electrons. The Morgan fingerprint density at radius 3 is 2.47 bits per heavy atom. The smallest absolute Gasteiger partial charge is 0.146 e. The Morgan fingerprint density at radius 1 is 1.26 bits per heavy atom. The molecule has 1 atom stereocenters. The fourth-order valence-corrected chi connectivity index (χ4v) is 1.68. The van der Waals surface area contributed by atoms with Crippen molar-refractivity contribution in [2.75, 3.05) is 20.3 Å². The molecule has 19 heavy (non-hydrogen) atoms. The lowest BCUT2D eigenvalue weighted by Gasteiger charge is -2.21. The number of halogens is 1. The van der Waals surface area contributed by atoms with Crippen LogP contribution in [0.2, 0.25) is 0 Å². The number of alkyl halides is 1. The second-order valence-electron chi connectivity index (χ2n) is 5.69. The van der Waals surface area contributed by atoms with Gasteiger partial charge >= 0.3 is 0 Å². The molecule has 0 aliphatic heterocycles. The lowest BCUT2D eigenvalue weighted by atomic mass is 9.86. The van der Waals surface area contributed by atoms with Crippen molar-refractivity contribution in [3.63, 3.8) is 0 Å². The molecule has 2 N–H and O–H groups in total. The van der Waals surface area contributed by atoms with Gasteiger partial charge < -0.3 is 15.2 Å². The predicted octanol–water partition coefficient (Wildman–Crippen LogP) is 2.81. The van der Waals surface area contributed by atoms with Crippen LogP contribution in [0.15, 0.2) is 18.2 Å². The Bertz CT molecular complexity index is 402. The zero-order valence-electron chi connectivity index (χ0n) is 12.2. The summed E-state index contributed by atoms with van der Waals surface area (Å²) in [5, 5.41) is 0. The number of ether oxygens (including phenoxy) is 2. The van der Waals surface area contributed by atoms with Crippen molar-refractivity contribution in [3.05, 3.63) is 29.3 Å². The van der Waals surface area contributed by atoms with Crippen molar-refractivity contribution in [3.8, 4) is 5.75 Å². The van der Waals surface area contributed by atoms with Crippen molar-refractivity contribution >= 4 is 0 Å². The first kappa shape index (κ1) is 15.9. The van der Waals surface area contributed by atoms with E-state index in [-0.39, 0.29) is 18.6 Å². The Hall–Kier alpha value is -1.13. The zero-order chi connectivity index (χ0) is 14.5. The van der Waals surface area contributed by atoms with Crippen LogP contribution in [0.25, 0.3) is 0 Å². The van der Waals surface area contributed by atoms with Gasteiger partial charge in [-0.3, -0.25) is 0 Å². The first-order valence-corrected chi connectivity index (χ1v) is 6.47. The monoisotopic (exact) mass is 269 g/mol. The Kier molecular flexibility index (Phi) is 5.76. The van der Waals surface area contributed by atoms with Gasteiger partial charge in [-0.15, -0.1) is 0 Å². The van der Waals surface area contributed by atoms with E-state index in [0.29, 0.717) is 12.4 Å². The predicted molar refractivity (Wildman–Crippen MR) is 75.3 cm³/mol. The lowest BCUT2D eigenvalue weighted by molar-refractivity contribution is 0.182. The summed E-state index contributed by atoms with van der Waals surface area (Å²) in [5.74, 6) is 0.663. The highest BCUT2D eigenvalue weighted by atomic mass is 19.1. The molecule has 1 aromatic carbocycles. The molecular formula is C15H24FNO2. The summed E-state index contributed by atoms with van der Waals surface area (Å²) >= 11 is 0. The topological polar surface area (TPSA) is 44.5 Å². The molecule has 1 rings (SSSR count). The molecule has 0 heterocycles. The van der Waals surface area contributed by atoms with Gasteiger partial charge in [-0.25, -0.2) is 4.39 Å². The normalized spacial score (nSPS) is 13.4. The van der Waals surface area contributed by atoms with Crippen molar-refractivity contribution in [2.45, 2.75) is 39.0 Å². The van der Waals surface area contributed by atoms with E-state index >= 15 is 0 Å². The molecule has 3 nitrogen and oxygen atoms in total. The van der Waals surface area contributed by atoms with Crippen molar-refractivity contribution in [1.29, 1.82) is 0 Å². The number of hydrogen-bond donors (Lipinski definition) is 1. The van der Waals surface area contributed by atoms with Crippen LogP contribution in [-0.2, 0) is 16.8 Å². The summed E-state index contributed by atoms with van der Waals surface area (Å²) in [4.78, 5) is 0. The highest BCUT2D eigenvalue weighted by molar-refractivity contribution is 5.37. The van der Waals surface area contributed by atoms with E-state index < -0.39 is 6.17 Å². The van der Waals surface area contributed by atoms with Gasteiger partial charge in [-0.05, 0) is 28.7 Å². The summed E-state index contributed by atoms with van der Waals surface area (Å²) in [6.45, 7) is 6.85. The molecule has 0 unspecified atom stereocenters. The van der Waals surface area contributed by atoms with Gasteiger partial charge in [0, 0.05) is 13.7 Å². The van der Waals surface area contributed by atoms with E-state index in [4.69, 9.17) is 15.2 Å². The standard InChI is InChI=1S/C15H24FNO2/c1-15(2,3)12-5-11(9-18-4)6-14(7-12)19-10-13(16)8-17/h5-7,13H,8-10,17H2,1-4H3/t13-/m1/s1. The molecular weight excluding hydrogens is 245 g/mol. The van der Waals surface area contributed by atoms with E-state index in [2.05, 4.69) is 26.8 Å². The molecule has 0 bridgehead atoms. The summed E-state index contributed by atoms with van der Waals surface area (Å²) in [6, 6.07) is 5.91. The third-order valence-electron chi connectivity index (χ3n) is 2.83. The highest BCUT2D eigenvalue weighted by Crippen LogP contribution is 2.28. The van der Waals surface area contributed by atoms with E-state index in [1.807, 2.05) is 12.1 Å². The second kappa shape index (κ2) is 6.87. The van der Waals surface area contributed by atoms with Gasteiger partial charge in [0.05, 0.1) is 6.61 Å². The zero-order valence-corrected chi connectivity index (χ0v) is 12.2. The van der Waals surface area contributed by atoms with E-state index in [0.717, 1.165) is 11.1 Å². The van der Waals surface area contributed by atoms with Crippen LogP contribution in [0.5, 0.6) is 5.75 Å². The fraction of sp³-hybridized carbons (Fsp3) is 0.600. The largest absolute Gasteiger partial charge is 0.490 e. The molecule has 0 aliphatic rings. The summed E-state index contributed by atoms with van der Waals surface area (Å²) in [7, 11) is 1.65. The van der Waals surface area contributed by atoms with Crippen LogP contribution in [0, 0.1) is 0 Å². The van der Waals surface area contributed by atoms with Gasteiger partial charge in [-0.2, -0.15) is 0 Å². The Balaban J connectivity index is 2.93. The molecule has 0 saturated heterocycles. The first-order chi connectivity index (χ1) is 8.86. The third-order valence-corrected chi connectivity index (χ3v) is 2.83. The van der Waals surface area contributed by atoms with Gasteiger partial charge in [0.1, 0.15) is 18.5 Å². The molecule has 4 heteroatoms. The number of nitrogens with two attached hydrogens (primary N) is 1. The molecule has 1 aromatic rings.